The molecule has 0 amide bonds. The summed E-state index contributed by atoms with van der Waals surface area (Å²) in [6.07, 6.45) is -25.2. The van der Waals surface area contributed by atoms with Gasteiger partial charge in [0, 0.05) is 17.7 Å². The molecule has 4 heterocycles. The minimum absolute atomic E-state index is 0.138. The molecule has 0 aliphatic carbocycles. The van der Waals surface area contributed by atoms with E-state index in [9.17, 15) is 66.1 Å². The number of hydrogen-bond donors (Lipinski definition) is 12. The zero-order valence-electron chi connectivity index (χ0n) is 27.7. The predicted molar refractivity (Wildman–Crippen MR) is 171 cm³/mol. The molecule has 0 radical (unpaired) electrons. The molecule has 2 aromatic carbocycles. The van der Waals surface area contributed by atoms with Gasteiger partial charge in [0.25, 0.3) is 0 Å². The Morgan fingerprint density at radius 3 is 1.70 bits per heavy atom. The molecule has 292 valence electrons. The Balaban J connectivity index is 1.19. The van der Waals surface area contributed by atoms with Crippen molar-refractivity contribution in [1.29, 1.82) is 0 Å². The van der Waals surface area contributed by atoms with E-state index in [0.717, 1.165) is 12.1 Å². The number of aliphatic hydroxyl groups excluding tert-OH is 9. The van der Waals surface area contributed by atoms with Crippen LogP contribution in [0.1, 0.15) is 6.92 Å². The first-order valence-electron chi connectivity index (χ1n) is 16.4. The highest BCUT2D eigenvalue weighted by atomic mass is 16.7. The van der Waals surface area contributed by atoms with Crippen molar-refractivity contribution in [2.75, 3.05) is 13.2 Å². The molecule has 0 spiro atoms. The maximum Gasteiger partial charge on any atom is 0.239 e. The van der Waals surface area contributed by atoms with Gasteiger partial charge >= 0.3 is 0 Å². The van der Waals surface area contributed by atoms with Crippen molar-refractivity contribution < 1.29 is 94.1 Å². The first-order chi connectivity index (χ1) is 25.1. The molecule has 0 unspecified atom stereocenters. The first kappa shape index (κ1) is 39.0. The fourth-order valence-electron chi connectivity index (χ4n) is 6.17. The predicted octanol–water partition coefficient (Wildman–Crippen LogP) is -3.57. The number of ether oxygens (including phenoxy) is 6. The zero-order chi connectivity index (χ0) is 38.5. The summed E-state index contributed by atoms with van der Waals surface area (Å²) in [5, 5.41) is 124. The molecular formula is C33H40O20. The number of rotatable bonds is 9. The standard InChI is InChI=1S/C33H40O20/c1-10-19(37)23(41)26(44)31(49-10)47-8-16-20(38)24(42)27(45)32(51-16)48-9-17-21(39)25(43)28(46)33(52-17)53-30-22(40)18-14(36)6-13(35)7-15(18)50-29(30)11-2-4-12(34)5-3-11/h2-7,10,16-17,19-21,23-28,31-39,41-46H,8-9H2,1H3/t10-,16+,17+,19-,20+,21-,23+,24-,25-,26+,27+,28+,31+,32+,33-/m0/s1. The fraction of sp³-hybridized carbons (Fsp3) is 0.545. The second-order valence-corrected chi connectivity index (χ2v) is 13.0. The minimum atomic E-state index is -2.01. The Labute approximate surface area is 298 Å². The monoisotopic (exact) mass is 756 g/mol. The van der Waals surface area contributed by atoms with Gasteiger partial charge in [0.2, 0.25) is 17.5 Å². The van der Waals surface area contributed by atoms with Gasteiger partial charge in [-0.15, -0.1) is 0 Å². The highest BCUT2D eigenvalue weighted by Gasteiger charge is 2.49. The molecular weight excluding hydrogens is 716 g/mol. The molecule has 3 aliphatic rings. The molecule has 1 aromatic heterocycles. The largest absolute Gasteiger partial charge is 0.508 e. The van der Waals surface area contributed by atoms with E-state index in [2.05, 4.69) is 0 Å². The van der Waals surface area contributed by atoms with Crippen molar-refractivity contribution in [2.24, 2.45) is 0 Å². The van der Waals surface area contributed by atoms with Gasteiger partial charge in [-0.1, -0.05) is 0 Å². The lowest BCUT2D eigenvalue weighted by atomic mass is 9.98. The van der Waals surface area contributed by atoms with E-state index in [0.29, 0.717) is 0 Å². The average Bonchev–Trinajstić information content (AvgIpc) is 3.12. The maximum absolute atomic E-state index is 13.7. The van der Waals surface area contributed by atoms with E-state index in [1.165, 1.54) is 31.2 Å². The van der Waals surface area contributed by atoms with Crippen molar-refractivity contribution in [2.45, 2.75) is 99.0 Å². The Kier molecular flexibility index (Phi) is 11.5. The van der Waals surface area contributed by atoms with Crippen LogP contribution in [0.5, 0.6) is 23.0 Å². The van der Waals surface area contributed by atoms with Crippen LogP contribution in [-0.2, 0) is 23.7 Å². The lowest BCUT2D eigenvalue weighted by Crippen LogP contribution is -2.62. The number of phenols is 3. The zero-order valence-corrected chi connectivity index (χ0v) is 27.7. The Bertz CT molecular complexity index is 1790. The first-order valence-corrected chi connectivity index (χ1v) is 16.4. The minimum Gasteiger partial charge on any atom is -0.508 e. The van der Waals surface area contributed by atoms with E-state index in [1.54, 1.807) is 0 Å². The number of phenolic OH excluding ortho intramolecular Hbond substituents is 3. The SMILES string of the molecule is C[C@@H]1O[C@@H](OC[C@H]2O[C@@H](OC[C@H]3O[C@@H](Oc4c(-c5ccc(O)cc5)oc5cc(O)cc(O)c5c4=O)[C@H](O)[C@@H](O)[C@H]3O)[C@H](O)[C@@H](O)[C@@H]2O)[C@H](O)[C@H](O)[C@H]1O. The quantitative estimate of drug-likeness (QED) is 0.100. The second-order valence-electron chi connectivity index (χ2n) is 13.0. The molecule has 20 heteroatoms. The lowest BCUT2D eigenvalue weighted by molar-refractivity contribution is -0.337. The molecule has 3 aromatic rings. The summed E-state index contributed by atoms with van der Waals surface area (Å²) in [5.41, 5.74) is -1.10. The fourth-order valence-corrected chi connectivity index (χ4v) is 6.17. The Hall–Kier alpha value is -3.71. The highest BCUT2D eigenvalue weighted by Crippen LogP contribution is 2.38. The van der Waals surface area contributed by atoms with Gasteiger partial charge in [0.1, 0.15) is 95.4 Å². The molecule has 3 fully saturated rings. The van der Waals surface area contributed by atoms with Gasteiger partial charge in [-0.2, -0.15) is 0 Å². The molecule has 20 nitrogen and oxygen atoms in total. The molecule has 15 atom stereocenters. The second kappa shape index (κ2) is 15.6. The summed E-state index contributed by atoms with van der Waals surface area (Å²) in [5.74, 6) is -2.21. The molecule has 0 saturated carbocycles. The van der Waals surface area contributed by atoms with Crippen LogP contribution in [0.4, 0.5) is 0 Å². The average molecular weight is 757 g/mol. The van der Waals surface area contributed by atoms with E-state index in [-0.39, 0.29) is 22.7 Å². The number of benzene rings is 2. The number of aromatic hydroxyl groups is 3. The third-order valence-electron chi connectivity index (χ3n) is 9.28. The van der Waals surface area contributed by atoms with Gasteiger partial charge in [0.05, 0.1) is 19.3 Å². The summed E-state index contributed by atoms with van der Waals surface area (Å²) in [4.78, 5) is 13.7. The number of aliphatic hydroxyl groups is 9. The summed E-state index contributed by atoms with van der Waals surface area (Å²) >= 11 is 0. The van der Waals surface area contributed by atoms with Gasteiger partial charge < -0.3 is 94.1 Å². The van der Waals surface area contributed by atoms with Crippen LogP contribution in [-0.4, -0.2) is 167 Å². The third kappa shape index (κ3) is 7.65. The Morgan fingerprint density at radius 2 is 1.11 bits per heavy atom. The van der Waals surface area contributed by atoms with E-state index in [1.807, 2.05) is 0 Å². The molecule has 12 N–H and O–H groups in total. The van der Waals surface area contributed by atoms with Crippen LogP contribution in [0.25, 0.3) is 22.3 Å². The van der Waals surface area contributed by atoms with Gasteiger partial charge in [-0.3, -0.25) is 4.79 Å². The van der Waals surface area contributed by atoms with Crippen molar-refractivity contribution in [3.05, 3.63) is 46.6 Å². The number of fused-ring (bicyclic) bond motifs is 1. The van der Waals surface area contributed by atoms with Crippen LogP contribution in [0, 0.1) is 0 Å². The topological polar surface area (TPSA) is 328 Å². The third-order valence-corrected chi connectivity index (χ3v) is 9.28. The summed E-state index contributed by atoms with van der Waals surface area (Å²) in [7, 11) is 0. The van der Waals surface area contributed by atoms with Gasteiger partial charge in [0.15, 0.2) is 18.3 Å². The Morgan fingerprint density at radius 1 is 0.604 bits per heavy atom. The summed E-state index contributed by atoms with van der Waals surface area (Å²) in [6, 6.07) is 7.16. The van der Waals surface area contributed by atoms with Crippen molar-refractivity contribution >= 4 is 11.0 Å². The van der Waals surface area contributed by atoms with Crippen LogP contribution >= 0.6 is 0 Å². The van der Waals surface area contributed by atoms with Crippen molar-refractivity contribution in [1.82, 2.24) is 0 Å². The summed E-state index contributed by atoms with van der Waals surface area (Å²) in [6.45, 7) is 0.104. The van der Waals surface area contributed by atoms with E-state index >= 15 is 0 Å². The van der Waals surface area contributed by atoms with Gasteiger partial charge in [-0.05, 0) is 31.2 Å². The maximum atomic E-state index is 13.7. The smallest absolute Gasteiger partial charge is 0.239 e. The van der Waals surface area contributed by atoms with E-state index in [4.69, 9.17) is 32.8 Å². The summed E-state index contributed by atoms with van der Waals surface area (Å²) < 4.78 is 39.2. The molecule has 0 bridgehead atoms. The van der Waals surface area contributed by atoms with Crippen molar-refractivity contribution in [3.63, 3.8) is 0 Å². The van der Waals surface area contributed by atoms with Crippen LogP contribution < -0.4 is 10.2 Å². The van der Waals surface area contributed by atoms with Crippen LogP contribution in [0.3, 0.4) is 0 Å². The molecule has 53 heavy (non-hydrogen) atoms. The highest BCUT2D eigenvalue weighted by molar-refractivity contribution is 5.88. The van der Waals surface area contributed by atoms with Gasteiger partial charge in [-0.25, -0.2) is 0 Å². The van der Waals surface area contributed by atoms with Crippen LogP contribution in [0.15, 0.2) is 45.6 Å². The molecule has 6 rings (SSSR count). The van der Waals surface area contributed by atoms with E-state index < -0.39 is 133 Å². The molecule has 3 saturated heterocycles. The van der Waals surface area contributed by atoms with Crippen molar-refractivity contribution in [3.8, 4) is 34.3 Å². The normalized spacial score (nSPS) is 37.8. The van der Waals surface area contributed by atoms with Crippen LogP contribution in [0.2, 0.25) is 0 Å². The molecule has 3 aliphatic heterocycles. The number of hydrogen-bond acceptors (Lipinski definition) is 20. The lowest BCUT2D eigenvalue weighted by Gasteiger charge is -2.43.